The maximum absolute atomic E-state index is 3.94. The van der Waals surface area contributed by atoms with E-state index in [-0.39, 0.29) is 10.8 Å². The van der Waals surface area contributed by atoms with Gasteiger partial charge in [-0.2, -0.15) is 0 Å². The molecule has 0 aliphatic heterocycles. The van der Waals surface area contributed by atoms with Gasteiger partial charge < -0.3 is 0 Å². The fourth-order valence-electron chi connectivity index (χ4n) is 10.8. The lowest BCUT2D eigenvalue weighted by atomic mass is 9.80. The highest BCUT2D eigenvalue weighted by Gasteiger charge is 2.37. The molecule has 2 aliphatic rings. The van der Waals surface area contributed by atoms with Crippen LogP contribution in [0, 0.1) is 0 Å². The van der Waals surface area contributed by atoms with Gasteiger partial charge in [0, 0.05) is 10.8 Å². The van der Waals surface area contributed by atoms with E-state index in [2.05, 4.69) is 234 Å². The van der Waals surface area contributed by atoms with E-state index in [1.54, 1.807) is 0 Å². The number of rotatable bonds is 6. The monoisotopic (exact) mass is 820 g/mol. The molecule has 0 spiro atoms. The highest BCUT2D eigenvalue weighted by atomic mass is 14.4. The molecule has 0 amide bonds. The first-order valence-electron chi connectivity index (χ1n) is 22.8. The Labute approximate surface area is 378 Å². The molecular weight excluding hydrogens is 769 g/mol. The van der Waals surface area contributed by atoms with Crippen LogP contribution >= 0.6 is 0 Å². The number of hydrogen-bond acceptors (Lipinski definition) is 0. The second-order valence-electron chi connectivity index (χ2n) is 18.9. The molecule has 0 radical (unpaired) electrons. The van der Waals surface area contributed by atoms with Crippen LogP contribution in [0.1, 0.15) is 66.6 Å². The van der Waals surface area contributed by atoms with Gasteiger partial charge in [-0.3, -0.25) is 0 Å². The van der Waals surface area contributed by atoms with E-state index in [1.165, 1.54) is 116 Å². The van der Waals surface area contributed by atoms with Crippen LogP contribution in [-0.4, -0.2) is 0 Å². The number of benzene rings is 10. The highest BCUT2D eigenvalue weighted by Crippen LogP contribution is 2.52. The molecule has 10 aromatic carbocycles. The molecule has 2 aliphatic carbocycles. The van der Waals surface area contributed by atoms with Gasteiger partial charge in [-0.15, -0.1) is 0 Å². The van der Waals surface area contributed by atoms with Gasteiger partial charge in [0.25, 0.3) is 0 Å². The average Bonchev–Trinajstić information content (AvgIpc) is 3.70. The molecule has 0 unspecified atom stereocenters. The molecule has 12 rings (SSSR count). The van der Waals surface area contributed by atoms with Crippen molar-refractivity contribution >= 4 is 38.4 Å². The van der Waals surface area contributed by atoms with Gasteiger partial charge in [-0.25, -0.2) is 0 Å². The molecule has 0 nitrogen and oxygen atoms in total. The minimum Gasteiger partial charge on any atom is -0.0985 e. The SMILES string of the molecule is C=Cc1ccc2c(c1)C(C)(C)c1cc(-c3cccc4ccccc34)ccc1-2.CC1(C)c2cc(CCc3ccc4ccccc4c3)ccc2-c2ccc(-c3cccc4ccccc34)cc21. The van der Waals surface area contributed by atoms with Crippen LogP contribution in [-0.2, 0) is 23.7 Å². The lowest BCUT2D eigenvalue weighted by Crippen LogP contribution is -2.15. The average molecular weight is 821 g/mol. The highest BCUT2D eigenvalue weighted by molar-refractivity contribution is 5.99. The largest absolute Gasteiger partial charge is 0.0985 e. The molecule has 0 heterocycles. The second kappa shape index (κ2) is 15.5. The summed E-state index contributed by atoms with van der Waals surface area (Å²) in [5.41, 5.74) is 20.3. The van der Waals surface area contributed by atoms with Crippen molar-refractivity contribution in [2.75, 3.05) is 0 Å². The summed E-state index contributed by atoms with van der Waals surface area (Å²) in [4.78, 5) is 0. The molecule has 308 valence electrons. The summed E-state index contributed by atoms with van der Waals surface area (Å²) in [6.45, 7) is 13.4. The van der Waals surface area contributed by atoms with Gasteiger partial charge in [0.05, 0.1) is 0 Å². The summed E-state index contributed by atoms with van der Waals surface area (Å²) < 4.78 is 0. The first-order chi connectivity index (χ1) is 31.2. The Balaban J connectivity index is 0.000000150. The van der Waals surface area contributed by atoms with Crippen LogP contribution in [0.5, 0.6) is 0 Å². The maximum atomic E-state index is 3.94. The van der Waals surface area contributed by atoms with Crippen molar-refractivity contribution < 1.29 is 0 Å². The Hall–Kier alpha value is -7.28. The zero-order chi connectivity index (χ0) is 43.6. The molecule has 0 saturated carbocycles. The molecule has 0 saturated heterocycles. The zero-order valence-corrected chi connectivity index (χ0v) is 37.3. The van der Waals surface area contributed by atoms with Crippen LogP contribution in [0.2, 0.25) is 0 Å². The quantitative estimate of drug-likeness (QED) is 0.157. The van der Waals surface area contributed by atoms with Crippen LogP contribution < -0.4 is 0 Å². The van der Waals surface area contributed by atoms with Gasteiger partial charge in [-0.1, -0.05) is 228 Å². The summed E-state index contributed by atoms with van der Waals surface area (Å²) in [6.07, 6.45) is 4.04. The normalized spacial score (nSPS) is 13.8. The van der Waals surface area contributed by atoms with E-state index in [4.69, 9.17) is 0 Å². The predicted octanol–water partition coefficient (Wildman–Crippen LogP) is 17.2. The predicted molar refractivity (Wildman–Crippen MR) is 275 cm³/mol. The molecule has 64 heavy (non-hydrogen) atoms. The third-order valence-corrected chi connectivity index (χ3v) is 14.4. The van der Waals surface area contributed by atoms with E-state index in [0.29, 0.717) is 0 Å². The lowest BCUT2D eigenvalue weighted by molar-refractivity contribution is 0.659. The Bertz CT molecular complexity index is 3450. The first-order valence-corrected chi connectivity index (χ1v) is 22.8. The van der Waals surface area contributed by atoms with Crippen molar-refractivity contribution in [2.24, 2.45) is 0 Å². The zero-order valence-electron chi connectivity index (χ0n) is 37.3. The van der Waals surface area contributed by atoms with E-state index in [0.717, 1.165) is 12.8 Å². The Morgan fingerprint density at radius 2 is 0.766 bits per heavy atom. The molecule has 0 atom stereocenters. The van der Waals surface area contributed by atoms with Crippen LogP contribution in [0.4, 0.5) is 0 Å². The van der Waals surface area contributed by atoms with Gasteiger partial charge in [0.15, 0.2) is 0 Å². The van der Waals surface area contributed by atoms with Crippen LogP contribution in [0.3, 0.4) is 0 Å². The fourth-order valence-corrected chi connectivity index (χ4v) is 10.8. The van der Waals surface area contributed by atoms with Crippen molar-refractivity contribution in [3.63, 3.8) is 0 Å². The molecule has 0 bridgehead atoms. The number of hydrogen-bond donors (Lipinski definition) is 0. The first kappa shape index (κ1) is 39.6. The van der Waals surface area contributed by atoms with E-state index in [1.807, 2.05) is 6.08 Å². The minimum atomic E-state index is -0.0236. The van der Waals surface area contributed by atoms with Gasteiger partial charge in [0.2, 0.25) is 0 Å². The summed E-state index contributed by atoms with van der Waals surface area (Å²) >= 11 is 0. The molecule has 0 N–H and O–H groups in total. The summed E-state index contributed by atoms with van der Waals surface area (Å²) in [7, 11) is 0. The van der Waals surface area contributed by atoms with Crippen LogP contribution in [0.25, 0.3) is 82.9 Å². The van der Waals surface area contributed by atoms with Crippen LogP contribution in [0.15, 0.2) is 207 Å². The summed E-state index contributed by atoms with van der Waals surface area (Å²) in [5.74, 6) is 0. The minimum absolute atomic E-state index is 0.00964. The summed E-state index contributed by atoms with van der Waals surface area (Å²) in [6, 6.07) is 73.9. The lowest BCUT2D eigenvalue weighted by Gasteiger charge is -2.23. The maximum Gasteiger partial charge on any atom is 0.0159 e. The van der Waals surface area contributed by atoms with Crippen molar-refractivity contribution in [3.8, 4) is 44.5 Å². The smallest absolute Gasteiger partial charge is 0.0159 e. The Morgan fingerprint density at radius 1 is 0.344 bits per heavy atom. The van der Waals surface area contributed by atoms with Gasteiger partial charge >= 0.3 is 0 Å². The fraction of sp³-hybridized carbons (Fsp3) is 0.125. The topological polar surface area (TPSA) is 0 Å². The molecular formula is C64H52. The molecule has 0 fully saturated rings. The standard InChI is InChI=1S/C37H30.C27H22/c1-37(2)35-23-26(15-14-25-16-18-27-8-3-4-10-29(27)22-25)17-20-33(35)34-21-19-30(24-36(34)37)32-13-7-11-28-9-5-6-12-31(28)32;1-4-18-12-14-23-24-15-13-20(17-26(24)27(2,3)25(23)16-18)22-11-7-9-19-8-5-6-10-21(19)22/h3-13,16-24H,14-15H2,1-2H3;4-17H,1H2,2-3H3. The molecule has 0 heteroatoms. The Morgan fingerprint density at radius 3 is 1.33 bits per heavy atom. The number of aryl methyl sites for hydroxylation is 2. The summed E-state index contributed by atoms with van der Waals surface area (Å²) in [5, 5.41) is 7.84. The van der Waals surface area contributed by atoms with Crippen molar-refractivity contribution in [1.82, 2.24) is 0 Å². The van der Waals surface area contributed by atoms with Gasteiger partial charge in [-0.05, 0) is 141 Å². The van der Waals surface area contributed by atoms with E-state index >= 15 is 0 Å². The third kappa shape index (κ3) is 6.68. The molecule has 10 aromatic rings. The van der Waals surface area contributed by atoms with E-state index in [9.17, 15) is 0 Å². The van der Waals surface area contributed by atoms with Gasteiger partial charge in [0.1, 0.15) is 0 Å². The van der Waals surface area contributed by atoms with Crippen molar-refractivity contribution in [2.45, 2.75) is 51.4 Å². The second-order valence-corrected chi connectivity index (χ2v) is 18.9. The van der Waals surface area contributed by atoms with Crippen molar-refractivity contribution in [3.05, 3.63) is 246 Å². The Kier molecular flexibility index (Phi) is 9.59. The number of fused-ring (bicyclic) bond motifs is 9. The van der Waals surface area contributed by atoms with Crippen molar-refractivity contribution in [1.29, 1.82) is 0 Å². The third-order valence-electron chi connectivity index (χ3n) is 14.4. The van der Waals surface area contributed by atoms with E-state index < -0.39 is 0 Å². The molecule has 0 aromatic heterocycles.